The highest BCUT2D eigenvalue weighted by atomic mass is 31.2. The maximum Gasteiger partial charge on any atom is 0.472 e. The van der Waals surface area contributed by atoms with E-state index in [0.717, 1.165) is 115 Å². The van der Waals surface area contributed by atoms with Crippen LogP contribution in [0.25, 0.3) is 0 Å². The number of hydrogen-bond donors (Lipinski definition) is 3. The van der Waals surface area contributed by atoms with E-state index in [1.165, 1.54) is 186 Å². The van der Waals surface area contributed by atoms with Crippen LogP contribution < -0.4 is 0 Å². The van der Waals surface area contributed by atoms with E-state index in [-0.39, 0.29) is 25.7 Å². The van der Waals surface area contributed by atoms with Crippen molar-refractivity contribution in [1.29, 1.82) is 0 Å². The zero-order chi connectivity index (χ0) is 70.5. The third kappa shape index (κ3) is 68.7. The lowest BCUT2D eigenvalue weighted by Gasteiger charge is -2.21. The van der Waals surface area contributed by atoms with Crippen LogP contribution in [0.15, 0.2) is 24.3 Å². The number of unbranched alkanes of at least 4 members (excludes halogenated alkanes) is 43. The molecule has 0 saturated heterocycles. The summed E-state index contributed by atoms with van der Waals surface area (Å²) in [6, 6.07) is 0. The summed E-state index contributed by atoms with van der Waals surface area (Å²) < 4.78 is 68.5. The van der Waals surface area contributed by atoms with Crippen LogP contribution in [0.1, 0.15) is 381 Å². The zero-order valence-corrected chi connectivity index (χ0v) is 63.8. The number of rotatable bonds is 75. The fraction of sp³-hybridized carbons (Fsp3) is 0.896. The molecule has 0 amide bonds. The summed E-state index contributed by atoms with van der Waals surface area (Å²) in [6.07, 6.45) is 61.6. The second kappa shape index (κ2) is 69.6. The molecule has 0 aromatic heterocycles. The van der Waals surface area contributed by atoms with E-state index in [1.54, 1.807) is 0 Å². The number of phosphoric ester groups is 2. The summed E-state index contributed by atoms with van der Waals surface area (Å²) in [5.41, 5.74) is 0. The van der Waals surface area contributed by atoms with E-state index in [0.29, 0.717) is 25.7 Å². The lowest BCUT2D eigenvalue weighted by Crippen LogP contribution is -2.30. The minimum absolute atomic E-state index is 0.101. The normalized spacial score (nSPS) is 14.4. The van der Waals surface area contributed by atoms with Gasteiger partial charge in [0.05, 0.1) is 26.4 Å². The van der Waals surface area contributed by atoms with Gasteiger partial charge in [-0.3, -0.25) is 37.3 Å². The summed E-state index contributed by atoms with van der Waals surface area (Å²) in [5, 5.41) is 10.6. The highest BCUT2D eigenvalue weighted by Gasteiger charge is 2.30. The minimum atomic E-state index is -4.96. The summed E-state index contributed by atoms with van der Waals surface area (Å²) >= 11 is 0. The quantitative estimate of drug-likeness (QED) is 0.0169. The maximum atomic E-state index is 13.1. The molecule has 19 heteroatoms. The first kappa shape index (κ1) is 93.5. The predicted molar refractivity (Wildman–Crippen MR) is 391 cm³/mol. The molecule has 0 aliphatic heterocycles. The highest BCUT2D eigenvalue weighted by Crippen LogP contribution is 2.45. The van der Waals surface area contributed by atoms with Crippen LogP contribution in [0.4, 0.5) is 0 Å². The molecule has 0 aliphatic rings. The molecule has 6 atom stereocenters. The second-order valence-corrected chi connectivity index (χ2v) is 30.2. The van der Waals surface area contributed by atoms with Crippen molar-refractivity contribution in [1.82, 2.24) is 0 Å². The number of ether oxygens (including phenoxy) is 4. The van der Waals surface area contributed by atoms with Gasteiger partial charge in [0.2, 0.25) is 0 Å². The van der Waals surface area contributed by atoms with Gasteiger partial charge in [-0.05, 0) is 57.3 Å². The van der Waals surface area contributed by atoms with E-state index < -0.39 is 97.5 Å². The van der Waals surface area contributed by atoms with Gasteiger partial charge < -0.3 is 33.8 Å². The van der Waals surface area contributed by atoms with Crippen molar-refractivity contribution in [2.45, 2.75) is 400 Å². The molecule has 3 N–H and O–H groups in total. The molecule has 0 spiro atoms. The molecule has 0 aliphatic carbocycles. The van der Waals surface area contributed by atoms with Crippen LogP contribution >= 0.6 is 15.6 Å². The fourth-order valence-electron chi connectivity index (χ4n) is 11.3. The Morgan fingerprint density at radius 1 is 0.333 bits per heavy atom. The van der Waals surface area contributed by atoms with Crippen molar-refractivity contribution in [2.75, 3.05) is 39.6 Å². The summed E-state index contributed by atoms with van der Waals surface area (Å²) in [4.78, 5) is 72.8. The molecular formula is C77H146O17P2. The van der Waals surface area contributed by atoms with Crippen molar-refractivity contribution in [3.8, 4) is 0 Å². The lowest BCUT2D eigenvalue weighted by atomic mass is 9.99. The lowest BCUT2D eigenvalue weighted by molar-refractivity contribution is -0.161. The Morgan fingerprint density at radius 3 is 0.885 bits per heavy atom. The summed E-state index contributed by atoms with van der Waals surface area (Å²) in [7, 11) is -9.92. The number of esters is 4. The Labute approximate surface area is 586 Å². The van der Waals surface area contributed by atoms with Gasteiger partial charge in [0.1, 0.15) is 19.3 Å². The maximum absolute atomic E-state index is 13.1. The zero-order valence-electron chi connectivity index (χ0n) is 62.0. The van der Waals surface area contributed by atoms with Crippen molar-refractivity contribution in [3.63, 3.8) is 0 Å². The molecule has 0 aromatic rings. The van der Waals surface area contributed by atoms with Crippen LogP contribution in [0, 0.1) is 5.92 Å². The van der Waals surface area contributed by atoms with Crippen molar-refractivity contribution in [2.24, 2.45) is 5.92 Å². The summed E-state index contributed by atoms with van der Waals surface area (Å²) in [6.45, 7) is 7.28. The molecule has 3 unspecified atom stereocenters. The van der Waals surface area contributed by atoms with Gasteiger partial charge in [0.15, 0.2) is 12.2 Å². The molecular weight excluding hydrogens is 1260 g/mol. The Morgan fingerprint density at radius 2 is 0.583 bits per heavy atom. The van der Waals surface area contributed by atoms with E-state index in [1.807, 2.05) is 0 Å². The number of allylic oxidation sites excluding steroid dienone is 4. The van der Waals surface area contributed by atoms with Crippen LogP contribution in [0.5, 0.6) is 0 Å². The molecule has 17 nitrogen and oxygen atoms in total. The molecule has 0 heterocycles. The van der Waals surface area contributed by atoms with Gasteiger partial charge in [-0.2, -0.15) is 0 Å². The average Bonchev–Trinajstić information content (AvgIpc) is 1.30. The van der Waals surface area contributed by atoms with Crippen molar-refractivity contribution >= 4 is 39.5 Å². The van der Waals surface area contributed by atoms with Gasteiger partial charge in [-0.15, -0.1) is 0 Å². The number of aliphatic hydroxyl groups is 1. The van der Waals surface area contributed by atoms with Gasteiger partial charge in [-0.25, -0.2) is 9.13 Å². The molecule has 0 radical (unpaired) electrons. The van der Waals surface area contributed by atoms with Crippen molar-refractivity contribution in [3.05, 3.63) is 24.3 Å². The molecule has 96 heavy (non-hydrogen) atoms. The van der Waals surface area contributed by atoms with Crippen molar-refractivity contribution < 1.29 is 80.2 Å². The average molecular weight is 1410 g/mol. The molecule has 0 fully saturated rings. The first-order valence-electron chi connectivity index (χ1n) is 39.5. The number of carbonyl (C=O) groups excluding carboxylic acids is 4. The van der Waals surface area contributed by atoms with Crippen LogP contribution in [0.3, 0.4) is 0 Å². The van der Waals surface area contributed by atoms with Gasteiger partial charge >= 0.3 is 39.5 Å². The second-order valence-electron chi connectivity index (χ2n) is 27.3. The third-order valence-corrected chi connectivity index (χ3v) is 19.7. The summed E-state index contributed by atoms with van der Waals surface area (Å²) in [5.74, 6) is -1.30. The minimum Gasteiger partial charge on any atom is -0.462 e. The largest absolute Gasteiger partial charge is 0.472 e. The van der Waals surface area contributed by atoms with E-state index >= 15 is 0 Å². The molecule has 0 aromatic carbocycles. The Bertz CT molecular complexity index is 1940. The predicted octanol–water partition coefficient (Wildman–Crippen LogP) is 22.4. The molecule has 0 saturated carbocycles. The number of phosphoric acid groups is 2. The monoisotopic (exact) mass is 1410 g/mol. The Kier molecular flexibility index (Phi) is 67.8. The SMILES string of the molecule is CCCCCC/C=C\C=C/CCCCCCCC(=O)OC[C@H](COP(=O)(O)OC[C@@H](O)COP(=O)(O)OC[C@@H](COC(=O)CCCCCCCCCCCC)OC(=O)CCCCCCCCCCCCCCC)OC(=O)CCCCCCCCCCCCCCCCC(C)CC. The Hall–Kier alpha value is -2.46. The number of hydrogen-bond acceptors (Lipinski definition) is 15. The van der Waals surface area contributed by atoms with Crippen LogP contribution in [-0.2, 0) is 65.4 Å². The van der Waals surface area contributed by atoms with Crippen LogP contribution in [-0.4, -0.2) is 96.7 Å². The third-order valence-electron chi connectivity index (χ3n) is 17.8. The molecule has 0 bridgehead atoms. The number of carbonyl (C=O) groups is 4. The smallest absolute Gasteiger partial charge is 0.462 e. The first-order chi connectivity index (χ1) is 46.6. The van der Waals surface area contributed by atoms with E-state index in [4.69, 9.17) is 37.0 Å². The topological polar surface area (TPSA) is 237 Å². The fourth-order valence-corrected chi connectivity index (χ4v) is 12.9. The van der Waals surface area contributed by atoms with Gasteiger partial charge in [-0.1, -0.05) is 329 Å². The highest BCUT2D eigenvalue weighted by molar-refractivity contribution is 7.47. The van der Waals surface area contributed by atoms with Gasteiger partial charge in [0.25, 0.3) is 0 Å². The Balaban J connectivity index is 5.28. The first-order valence-corrected chi connectivity index (χ1v) is 42.5. The number of aliphatic hydroxyl groups excluding tert-OH is 1. The molecule has 566 valence electrons. The standard InChI is InChI=1S/C77H146O17P2/c1-6-10-13-16-19-22-25-27-28-33-36-41-46-51-56-61-75(80)88-67-73(94-77(82)63-58-53-48-43-38-34-30-29-32-35-39-44-49-54-59-70(5)9-4)69-92-96(85,86)90-65-71(78)64-89-95(83,84)91-68-72(66-87-74(79)60-55-50-45-40-24-21-18-15-12-8-3)93-76(81)62-57-52-47-42-37-31-26-23-20-17-14-11-7-2/h22,25,27-28,70-73,78H,6-21,23-24,26,29-69H2,1-5H3,(H,83,84)(H,85,86)/b25-22-,28-27-/t70?,71-,72+,73+/m0/s1. The molecule has 0 rings (SSSR count). The van der Waals surface area contributed by atoms with E-state index in [2.05, 4.69) is 58.9 Å². The van der Waals surface area contributed by atoms with Gasteiger partial charge in [0, 0.05) is 25.7 Å². The van der Waals surface area contributed by atoms with Crippen LogP contribution in [0.2, 0.25) is 0 Å². The van der Waals surface area contributed by atoms with E-state index in [9.17, 15) is 43.2 Å².